The molecule has 2 aromatic carbocycles. The van der Waals surface area contributed by atoms with Crippen molar-refractivity contribution in [3.63, 3.8) is 0 Å². The summed E-state index contributed by atoms with van der Waals surface area (Å²) in [5, 5.41) is 11.0. The van der Waals surface area contributed by atoms with E-state index in [-0.39, 0.29) is 0 Å². The third-order valence-corrected chi connectivity index (χ3v) is 5.35. The van der Waals surface area contributed by atoms with Crippen molar-refractivity contribution in [2.45, 2.75) is 0 Å². The Labute approximate surface area is 143 Å². The zero-order chi connectivity index (χ0) is 15.8. The van der Waals surface area contributed by atoms with E-state index in [2.05, 4.69) is 53.5 Å². The smallest absolute Gasteiger partial charge is 0.0178 e. The van der Waals surface area contributed by atoms with Gasteiger partial charge in [0.25, 0.3) is 0 Å². The second-order valence-corrected chi connectivity index (χ2v) is 6.77. The average Bonchev–Trinajstić information content (AvgIpc) is 2.99. The number of aromatic nitrogens is 1. The largest absolute Gasteiger partial charge is 0.0610 e. The molecule has 2 aliphatic carbocycles. The van der Waals surface area contributed by atoms with E-state index < -0.39 is 0 Å². The van der Waals surface area contributed by atoms with Gasteiger partial charge in [-0.15, -0.1) is 0 Å². The van der Waals surface area contributed by atoms with Crippen LogP contribution in [0.2, 0.25) is 0 Å². The number of nitrogens with one attached hydrogen (secondary N) is 1. The minimum absolute atomic E-state index is 0.370. The van der Waals surface area contributed by atoms with Crippen LogP contribution >= 0.6 is 0 Å². The molecule has 112 valence electrons. The molecular formula is C20H16AsNO. The molecule has 5 rings (SSSR count). The van der Waals surface area contributed by atoms with E-state index in [4.69, 9.17) is 0 Å². The summed E-state index contributed by atoms with van der Waals surface area (Å²) in [7, 11) is 0. The summed E-state index contributed by atoms with van der Waals surface area (Å²) in [4.78, 5) is 3.21. The van der Waals surface area contributed by atoms with Crippen molar-refractivity contribution in [3.8, 4) is 28.0 Å². The molecule has 0 amide bonds. The summed E-state index contributed by atoms with van der Waals surface area (Å²) in [6, 6.07) is 22.4. The molecule has 0 fully saturated rings. The van der Waals surface area contributed by atoms with Gasteiger partial charge in [0.1, 0.15) is 0 Å². The maximum Gasteiger partial charge on any atom is -0.0178 e. The number of fused-ring (bicyclic) bond motifs is 2. The Morgan fingerprint density at radius 1 is 0.783 bits per heavy atom. The third-order valence-electron chi connectivity index (χ3n) is 4.08. The van der Waals surface area contributed by atoms with Gasteiger partial charge in [0.2, 0.25) is 0 Å². The first kappa shape index (κ1) is 14.2. The summed E-state index contributed by atoms with van der Waals surface area (Å²) in [5.41, 5.74) is 6.25. The minimum Gasteiger partial charge on any atom is -0.0610 e. The molecule has 3 heteroatoms. The molecule has 2 aliphatic rings. The molecule has 2 N–H and O–H groups in total. The normalized spacial score (nSPS) is 11.0. The van der Waals surface area contributed by atoms with Gasteiger partial charge >= 0.3 is 108 Å². The van der Waals surface area contributed by atoms with Crippen LogP contribution in [-0.2, 0) is 0 Å². The van der Waals surface area contributed by atoms with Gasteiger partial charge in [0.05, 0.1) is 0 Å². The molecule has 23 heavy (non-hydrogen) atoms. The summed E-state index contributed by atoms with van der Waals surface area (Å²) in [6.45, 7) is 0. The molecule has 1 aromatic heterocycles. The van der Waals surface area contributed by atoms with Crippen molar-refractivity contribution in [2.24, 2.45) is 0 Å². The number of benzene rings is 3. The fourth-order valence-corrected chi connectivity index (χ4v) is 3.51. The molecule has 0 saturated carbocycles. The molecule has 1 atom stereocenters. The Morgan fingerprint density at radius 3 is 2.17 bits per heavy atom. The topological polar surface area (TPSA) is 36.0 Å². The molecular weight excluding hydrogens is 345 g/mol. The Hall–Kier alpha value is -2.44. The van der Waals surface area contributed by atoms with Crippen molar-refractivity contribution in [1.29, 1.82) is 0 Å². The van der Waals surface area contributed by atoms with Crippen LogP contribution in [0.5, 0.6) is 5.75 Å². The van der Waals surface area contributed by atoms with E-state index in [0.29, 0.717) is 5.75 Å². The second kappa shape index (κ2) is 5.64. The number of hydrogen-bond acceptors (Lipinski definition) is 1. The number of H-pyrrole nitrogens is 1. The molecule has 0 saturated heterocycles. The molecule has 0 bridgehead atoms. The molecule has 0 spiro atoms. The van der Waals surface area contributed by atoms with Crippen LogP contribution in [0.1, 0.15) is 0 Å². The van der Waals surface area contributed by atoms with Crippen molar-refractivity contribution in [3.05, 3.63) is 72.9 Å². The maximum absolute atomic E-state index is 9.79. The summed E-state index contributed by atoms with van der Waals surface area (Å²) in [6.07, 6.45) is 1.94. The summed E-state index contributed by atoms with van der Waals surface area (Å²) in [5.74, 6) is 0.370. The average molecular weight is 361 g/mol. The number of phenols is 1. The van der Waals surface area contributed by atoms with E-state index in [1.165, 1.54) is 38.9 Å². The van der Waals surface area contributed by atoms with Gasteiger partial charge in [0.15, 0.2) is 0 Å². The van der Waals surface area contributed by atoms with E-state index in [0.717, 1.165) is 15.4 Å². The van der Waals surface area contributed by atoms with E-state index in [1.807, 2.05) is 18.3 Å². The van der Waals surface area contributed by atoms with Gasteiger partial charge in [-0.2, -0.15) is 0 Å². The molecule has 2 nitrogen and oxygen atoms in total. The minimum atomic E-state index is 0.370. The predicted octanol–water partition coefficient (Wildman–Crippen LogP) is 3.47. The Bertz CT molecular complexity index is 986. The molecule has 0 aliphatic heterocycles. The van der Waals surface area contributed by atoms with Crippen LogP contribution in [0, 0.1) is 0 Å². The zero-order valence-electron chi connectivity index (χ0n) is 12.5. The fourth-order valence-electron chi connectivity index (χ4n) is 2.78. The van der Waals surface area contributed by atoms with E-state index >= 15 is 0 Å². The fraction of sp³-hybridized carbons (Fsp3) is 0. The monoisotopic (exact) mass is 361 g/mol. The van der Waals surface area contributed by atoms with Crippen LogP contribution in [0.25, 0.3) is 33.2 Å². The van der Waals surface area contributed by atoms with Gasteiger partial charge in [-0.1, -0.05) is 18.2 Å². The van der Waals surface area contributed by atoms with Gasteiger partial charge in [-0.05, 0) is 17.2 Å². The Morgan fingerprint density at radius 2 is 1.48 bits per heavy atom. The van der Waals surface area contributed by atoms with E-state index in [1.54, 1.807) is 6.07 Å². The van der Waals surface area contributed by atoms with Crippen LogP contribution in [0.15, 0.2) is 72.9 Å². The van der Waals surface area contributed by atoms with Crippen molar-refractivity contribution < 1.29 is 5.11 Å². The number of hydrogen-bond donors (Lipinski definition) is 2. The van der Waals surface area contributed by atoms with Gasteiger partial charge < -0.3 is 0 Å². The van der Waals surface area contributed by atoms with Crippen LogP contribution in [0.4, 0.5) is 0 Å². The zero-order valence-corrected chi connectivity index (χ0v) is 14.9. The first-order valence-electron chi connectivity index (χ1n) is 7.48. The van der Waals surface area contributed by atoms with Crippen molar-refractivity contribution in [2.75, 3.05) is 0 Å². The Kier molecular flexibility index (Phi) is 3.47. The number of aromatic amines is 1. The molecule has 3 aromatic rings. The second-order valence-electron chi connectivity index (χ2n) is 5.56. The summed E-state index contributed by atoms with van der Waals surface area (Å²) < 4.78 is 0.980. The number of rotatable bonds is 1. The quantitative estimate of drug-likeness (QED) is 0.441. The predicted molar refractivity (Wildman–Crippen MR) is 99.0 cm³/mol. The van der Waals surface area contributed by atoms with Crippen molar-refractivity contribution in [1.82, 2.24) is 4.98 Å². The van der Waals surface area contributed by atoms with Gasteiger partial charge in [-0.3, -0.25) is 0 Å². The number of aromatic hydroxyl groups is 1. The molecule has 1 heterocycles. The third kappa shape index (κ3) is 2.67. The standard InChI is InChI=1S/C14H12AsNO.C6H4/c15-14-11(4-2-6-13(14)17)9-3-1-5-12-10(9)7-8-16-12;1-2-5-4-6(5)3-1/h1-8,16-17H,15H2;1-4H. The Balaban J connectivity index is 0.000000186. The first-order valence-corrected chi connectivity index (χ1v) is 8.69. The van der Waals surface area contributed by atoms with Gasteiger partial charge in [0, 0.05) is 0 Å². The number of phenolic OH excluding ortho intramolecular Hbond substituents is 1. The van der Waals surface area contributed by atoms with Crippen LogP contribution in [0.3, 0.4) is 0 Å². The van der Waals surface area contributed by atoms with Gasteiger partial charge in [-0.25, -0.2) is 0 Å². The van der Waals surface area contributed by atoms with Crippen LogP contribution < -0.4 is 4.35 Å². The first-order chi connectivity index (χ1) is 11.2. The molecule has 1 unspecified atom stereocenters. The van der Waals surface area contributed by atoms with Crippen molar-refractivity contribution >= 4 is 32.1 Å². The van der Waals surface area contributed by atoms with E-state index in [9.17, 15) is 5.11 Å². The maximum atomic E-state index is 9.79. The SMILES string of the molecule is Oc1cccc(-c2cccc3[nH]ccc23)c1[AsH2].c1cc2cc-2c1. The molecule has 0 radical (unpaired) electrons. The summed E-state index contributed by atoms with van der Waals surface area (Å²) >= 11 is 1.44. The van der Waals surface area contributed by atoms with Crippen LogP contribution in [-0.4, -0.2) is 26.9 Å².